The Hall–Kier alpha value is -1.66. The molecule has 3 heteroatoms. The second-order valence-electron chi connectivity index (χ2n) is 7.89. The van der Waals surface area contributed by atoms with Gasteiger partial charge >= 0.3 is 41.3 Å². The van der Waals surface area contributed by atoms with E-state index in [1.54, 1.807) is 24.2 Å². The maximum absolute atomic E-state index is 2.40. The van der Waals surface area contributed by atoms with Gasteiger partial charge in [0.15, 0.2) is 0 Å². The van der Waals surface area contributed by atoms with E-state index in [1.807, 2.05) is 0 Å². The predicted molar refractivity (Wildman–Crippen MR) is 124 cm³/mol. The van der Waals surface area contributed by atoms with Crippen LogP contribution < -0.4 is 24.8 Å². The number of fused-ring (bicyclic) bond motifs is 3. The summed E-state index contributed by atoms with van der Waals surface area (Å²) in [6, 6.07) is 28.5. The smallest absolute Gasteiger partial charge is 1.00 e. The van der Waals surface area contributed by atoms with Gasteiger partial charge in [0.25, 0.3) is 0 Å². The van der Waals surface area contributed by atoms with Gasteiger partial charge in [-0.3, -0.25) is 0 Å². The van der Waals surface area contributed by atoms with E-state index in [0.29, 0.717) is 5.92 Å². The summed E-state index contributed by atoms with van der Waals surface area (Å²) in [6.45, 7) is 6.45. The van der Waals surface area contributed by atoms with Crippen LogP contribution in [-0.4, -0.2) is 3.21 Å². The predicted octanol–water partition coefficient (Wildman–Crippen LogP) is 1.59. The van der Waals surface area contributed by atoms with Crippen molar-refractivity contribution in [3.8, 4) is 0 Å². The summed E-state index contributed by atoms with van der Waals surface area (Å²) >= 11 is 1.55. The molecule has 0 aliphatic heterocycles. The minimum Gasteiger partial charge on any atom is -1.00 e. The number of hydrogen-bond donors (Lipinski definition) is 0. The van der Waals surface area contributed by atoms with Crippen LogP contribution in [0.5, 0.6) is 0 Å². The first-order chi connectivity index (χ1) is 14.0. The second-order valence-corrected chi connectivity index (χ2v) is 10.4. The monoisotopic (exact) mass is 521 g/mol. The third-order valence-corrected chi connectivity index (χ3v) is 5.28. The molecule has 4 aromatic rings. The van der Waals surface area contributed by atoms with Crippen molar-refractivity contribution >= 4 is 30.3 Å². The van der Waals surface area contributed by atoms with Gasteiger partial charge in [-0.2, -0.15) is 0 Å². The van der Waals surface area contributed by atoms with Gasteiger partial charge in [-0.25, -0.2) is 0 Å². The van der Waals surface area contributed by atoms with E-state index in [-0.39, 0.29) is 24.8 Å². The van der Waals surface area contributed by atoms with Gasteiger partial charge < -0.3 is 24.8 Å². The van der Waals surface area contributed by atoms with Gasteiger partial charge in [-0.15, -0.1) is 33.7 Å². The number of benzene rings is 3. The fourth-order valence-electron chi connectivity index (χ4n) is 4.16. The molecule has 1 unspecified atom stereocenters. The third-order valence-electron chi connectivity index (χ3n) is 5.28. The van der Waals surface area contributed by atoms with Crippen LogP contribution in [0.1, 0.15) is 37.8 Å². The molecular formula is C28H25Cl2Zr-. The Morgan fingerprint density at radius 1 is 0.806 bits per heavy atom. The van der Waals surface area contributed by atoms with Crippen LogP contribution in [0.15, 0.2) is 96.6 Å². The standard InChI is InChI=1S/C25H19.C3H6.2ClH.Zr/c1-17-14-23(18-8-3-2-4-9-18)24(15-17)22-13-7-12-21-20-11-6-5-10-19(20)16-25(21)22;1-3-2;;;/h2-16,24H,1H3;1-2H3;2*1H;/q-1;;;;+2/p-2. The first kappa shape index (κ1) is 25.6. The maximum Gasteiger partial charge on any atom is -1.00 e. The fraction of sp³-hybridized carbons (Fsp3) is 0.143. The van der Waals surface area contributed by atoms with Crippen LogP contribution in [0.3, 0.4) is 0 Å². The molecule has 0 fully saturated rings. The molecule has 1 aliphatic rings. The zero-order chi connectivity index (χ0) is 20.4. The topological polar surface area (TPSA) is 0 Å². The van der Waals surface area contributed by atoms with Gasteiger partial charge in [-0.05, 0) is 18.1 Å². The molecule has 0 saturated carbocycles. The molecule has 5 rings (SSSR count). The molecular weight excluding hydrogens is 498 g/mol. The van der Waals surface area contributed by atoms with Crippen molar-refractivity contribution in [2.24, 2.45) is 0 Å². The molecule has 0 nitrogen and oxygen atoms in total. The summed E-state index contributed by atoms with van der Waals surface area (Å²) in [7, 11) is 0. The average Bonchev–Trinajstić information content (AvgIpc) is 3.28. The molecule has 0 saturated heterocycles. The molecule has 1 aliphatic carbocycles. The molecule has 31 heavy (non-hydrogen) atoms. The van der Waals surface area contributed by atoms with Crippen LogP contribution in [0, 0.1) is 0 Å². The van der Waals surface area contributed by atoms with Crippen LogP contribution in [0.2, 0.25) is 0 Å². The first-order valence-electron chi connectivity index (χ1n) is 10.1. The van der Waals surface area contributed by atoms with Crippen LogP contribution in [0.4, 0.5) is 0 Å². The Kier molecular flexibility index (Phi) is 9.32. The summed E-state index contributed by atoms with van der Waals surface area (Å²) in [5, 5.41) is 5.41. The molecule has 0 spiro atoms. The van der Waals surface area contributed by atoms with Crippen molar-refractivity contribution in [1.82, 2.24) is 0 Å². The summed E-state index contributed by atoms with van der Waals surface area (Å²) in [4.78, 5) is 0. The Bertz CT molecular complexity index is 1240. The van der Waals surface area contributed by atoms with Crippen molar-refractivity contribution in [3.63, 3.8) is 0 Å². The van der Waals surface area contributed by atoms with E-state index in [0.717, 1.165) is 0 Å². The summed E-state index contributed by atoms with van der Waals surface area (Å²) in [5.41, 5.74) is 5.46. The third kappa shape index (κ3) is 5.59. The van der Waals surface area contributed by atoms with E-state index in [2.05, 4.69) is 112 Å². The second kappa shape index (κ2) is 11.3. The summed E-state index contributed by atoms with van der Waals surface area (Å²) in [6.07, 6.45) is 4.73. The van der Waals surface area contributed by atoms with Gasteiger partial charge in [0.1, 0.15) is 0 Å². The van der Waals surface area contributed by atoms with E-state index in [1.165, 1.54) is 47.0 Å². The van der Waals surface area contributed by atoms with E-state index >= 15 is 0 Å². The number of rotatable bonds is 2. The summed E-state index contributed by atoms with van der Waals surface area (Å²) < 4.78 is 1.51. The molecule has 0 radical (unpaired) electrons. The number of allylic oxidation sites excluding steroid dienone is 4. The molecule has 0 amide bonds. The van der Waals surface area contributed by atoms with Crippen molar-refractivity contribution < 1.29 is 49.0 Å². The minimum atomic E-state index is 0. The van der Waals surface area contributed by atoms with Gasteiger partial charge in [0.2, 0.25) is 0 Å². The Labute approximate surface area is 212 Å². The Morgan fingerprint density at radius 2 is 1.42 bits per heavy atom. The molecule has 0 bridgehead atoms. The van der Waals surface area contributed by atoms with E-state index in [4.69, 9.17) is 0 Å². The van der Waals surface area contributed by atoms with Crippen molar-refractivity contribution in [1.29, 1.82) is 0 Å². The van der Waals surface area contributed by atoms with Crippen molar-refractivity contribution in [3.05, 3.63) is 108 Å². The zero-order valence-electron chi connectivity index (χ0n) is 18.0. The molecule has 156 valence electrons. The van der Waals surface area contributed by atoms with Crippen molar-refractivity contribution in [2.45, 2.75) is 26.7 Å². The minimum absolute atomic E-state index is 0. The summed E-state index contributed by atoms with van der Waals surface area (Å²) in [5.74, 6) is 0.322. The SMILES string of the molecule is CC1=CC(c2cccc3c2[cH-]c2ccccc23)C(c2ccccc2)=C1.C[C](C)=[Zr+2].[Cl-].[Cl-]. The van der Waals surface area contributed by atoms with Gasteiger partial charge in [-0.1, -0.05) is 90.0 Å². The number of halogens is 2. The first-order valence-corrected chi connectivity index (χ1v) is 11.3. The molecule has 0 N–H and O–H groups in total. The fourth-order valence-corrected chi connectivity index (χ4v) is 4.16. The molecule has 0 aromatic heterocycles. The van der Waals surface area contributed by atoms with Crippen LogP contribution in [0.25, 0.3) is 27.1 Å². The van der Waals surface area contributed by atoms with Crippen LogP contribution >= 0.6 is 0 Å². The average molecular weight is 524 g/mol. The number of hydrogen-bond acceptors (Lipinski definition) is 0. The largest absolute Gasteiger partial charge is 1.00 e. The maximum atomic E-state index is 2.40. The van der Waals surface area contributed by atoms with E-state index < -0.39 is 0 Å². The normalized spacial score (nSPS) is 14.7. The quantitative estimate of drug-likeness (QED) is 0.350. The van der Waals surface area contributed by atoms with Crippen LogP contribution in [-0.2, 0) is 24.2 Å². The Morgan fingerprint density at radius 3 is 2.13 bits per heavy atom. The van der Waals surface area contributed by atoms with Crippen molar-refractivity contribution in [2.75, 3.05) is 0 Å². The zero-order valence-corrected chi connectivity index (χ0v) is 22.0. The molecule has 1 atom stereocenters. The Balaban J connectivity index is 0.000000527. The van der Waals surface area contributed by atoms with E-state index in [9.17, 15) is 0 Å². The van der Waals surface area contributed by atoms with Gasteiger partial charge in [0, 0.05) is 5.92 Å². The van der Waals surface area contributed by atoms with Gasteiger partial charge in [0.05, 0.1) is 0 Å². The molecule has 0 heterocycles. The molecule has 4 aromatic carbocycles.